The summed E-state index contributed by atoms with van der Waals surface area (Å²) >= 11 is 0. The number of fused-ring (bicyclic) bond motifs is 1. The maximum Gasteiger partial charge on any atom is 0.232 e. The normalized spacial score (nSPS) is 12.4. The number of nitrogens with one attached hydrogen (secondary N) is 1. The number of aromatic amines is 1. The molecule has 0 aliphatic rings. The molecular weight excluding hydrogens is 238 g/mol. The second kappa shape index (κ2) is 4.57. The van der Waals surface area contributed by atoms with Gasteiger partial charge in [-0.05, 0) is 17.7 Å². The van der Waals surface area contributed by atoms with Crippen molar-refractivity contribution >= 4 is 16.9 Å². The number of para-hydroxylation sites is 2. The van der Waals surface area contributed by atoms with Gasteiger partial charge in [0, 0.05) is 0 Å². The summed E-state index contributed by atoms with van der Waals surface area (Å²) in [5.74, 6) is -0.376. The van der Waals surface area contributed by atoms with E-state index in [4.69, 9.17) is 5.73 Å². The van der Waals surface area contributed by atoms with E-state index in [9.17, 15) is 4.79 Å². The lowest BCUT2D eigenvalue weighted by Gasteiger charge is -2.10. The van der Waals surface area contributed by atoms with Crippen molar-refractivity contribution in [1.82, 2.24) is 9.97 Å². The van der Waals surface area contributed by atoms with E-state index in [1.807, 2.05) is 54.6 Å². The Morgan fingerprint density at radius 2 is 1.74 bits per heavy atom. The Balaban J connectivity index is 2.12. The highest BCUT2D eigenvalue weighted by Crippen LogP contribution is 2.24. The number of H-pyrrole nitrogens is 1. The lowest BCUT2D eigenvalue weighted by molar-refractivity contribution is -0.118. The Labute approximate surface area is 110 Å². The van der Waals surface area contributed by atoms with Gasteiger partial charge in [0.2, 0.25) is 5.91 Å². The van der Waals surface area contributed by atoms with Gasteiger partial charge in [-0.1, -0.05) is 42.5 Å². The van der Waals surface area contributed by atoms with Crippen molar-refractivity contribution in [3.63, 3.8) is 0 Å². The van der Waals surface area contributed by atoms with Gasteiger partial charge in [0.15, 0.2) is 0 Å². The molecule has 94 valence electrons. The van der Waals surface area contributed by atoms with Crippen molar-refractivity contribution in [3.05, 3.63) is 66.0 Å². The molecule has 1 amide bonds. The Bertz CT molecular complexity index is 685. The molecule has 0 saturated heterocycles. The standard InChI is InChI=1S/C15H13N3O/c16-14(19)13(10-6-2-1-3-7-10)15-17-11-8-4-5-9-12(11)18-15/h1-9,13H,(H2,16,19)(H,17,18)/t13-/m1/s1. The molecule has 0 spiro atoms. The molecule has 0 aliphatic carbocycles. The Hall–Kier alpha value is -2.62. The summed E-state index contributed by atoms with van der Waals surface area (Å²) in [5.41, 5.74) is 8.10. The molecule has 1 heterocycles. The summed E-state index contributed by atoms with van der Waals surface area (Å²) in [6, 6.07) is 17.1. The molecule has 2 aromatic carbocycles. The molecular formula is C15H13N3O. The number of benzene rings is 2. The molecule has 1 atom stereocenters. The number of hydrogen-bond acceptors (Lipinski definition) is 2. The van der Waals surface area contributed by atoms with Crippen LogP contribution in [-0.2, 0) is 4.79 Å². The summed E-state index contributed by atoms with van der Waals surface area (Å²) in [7, 11) is 0. The van der Waals surface area contributed by atoms with Crippen LogP contribution in [0.15, 0.2) is 54.6 Å². The van der Waals surface area contributed by atoms with Crippen LogP contribution in [0.1, 0.15) is 17.3 Å². The molecule has 0 bridgehead atoms. The first-order chi connectivity index (χ1) is 9.25. The first-order valence-electron chi connectivity index (χ1n) is 6.04. The molecule has 0 aliphatic heterocycles. The van der Waals surface area contributed by atoms with Gasteiger partial charge in [0.25, 0.3) is 0 Å². The van der Waals surface area contributed by atoms with Crippen LogP contribution in [-0.4, -0.2) is 15.9 Å². The summed E-state index contributed by atoms with van der Waals surface area (Å²) in [6.45, 7) is 0. The largest absolute Gasteiger partial charge is 0.369 e. The smallest absolute Gasteiger partial charge is 0.232 e. The zero-order valence-corrected chi connectivity index (χ0v) is 10.2. The van der Waals surface area contributed by atoms with Gasteiger partial charge in [0.1, 0.15) is 11.7 Å². The highest BCUT2D eigenvalue weighted by molar-refractivity contribution is 5.86. The van der Waals surface area contributed by atoms with E-state index >= 15 is 0 Å². The zero-order chi connectivity index (χ0) is 13.2. The van der Waals surface area contributed by atoms with Crippen LogP contribution in [0.3, 0.4) is 0 Å². The van der Waals surface area contributed by atoms with E-state index < -0.39 is 11.8 Å². The van der Waals surface area contributed by atoms with Crippen LogP contribution in [0.4, 0.5) is 0 Å². The molecule has 3 rings (SSSR count). The third-order valence-corrected chi connectivity index (χ3v) is 3.10. The summed E-state index contributed by atoms with van der Waals surface area (Å²) in [6.07, 6.45) is 0. The lowest BCUT2D eigenvalue weighted by Crippen LogP contribution is -2.23. The number of imidazole rings is 1. The van der Waals surface area contributed by atoms with Crippen LogP contribution in [0, 0.1) is 0 Å². The van der Waals surface area contributed by atoms with Gasteiger partial charge in [-0.25, -0.2) is 4.98 Å². The van der Waals surface area contributed by atoms with Gasteiger partial charge in [-0.2, -0.15) is 0 Å². The minimum absolute atomic E-state index is 0.412. The minimum Gasteiger partial charge on any atom is -0.369 e. The van der Waals surface area contributed by atoms with Crippen molar-refractivity contribution in [3.8, 4) is 0 Å². The highest BCUT2D eigenvalue weighted by Gasteiger charge is 2.23. The van der Waals surface area contributed by atoms with E-state index in [-0.39, 0.29) is 0 Å². The number of amides is 1. The molecule has 3 N–H and O–H groups in total. The number of aromatic nitrogens is 2. The second-order valence-electron chi connectivity index (χ2n) is 4.39. The first kappa shape index (κ1) is 11.5. The van der Waals surface area contributed by atoms with Gasteiger partial charge in [-0.15, -0.1) is 0 Å². The van der Waals surface area contributed by atoms with Crippen molar-refractivity contribution in [2.24, 2.45) is 5.73 Å². The predicted molar refractivity (Wildman–Crippen MR) is 73.6 cm³/mol. The average molecular weight is 251 g/mol. The van der Waals surface area contributed by atoms with Crippen LogP contribution in [0.2, 0.25) is 0 Å². The molecule has 0 unspecified atom stereocenters. The molecule has 3 aromatic rings. The van der Waals surface area contributed by atoms with E-state index in [0.717, 1.165) is 16.6 Å². The third-order valence-electron chi connectivity index (χ3n) is 3.10. The summed E-state index contributed by atoms with van der Waals surface area (Å²) in [4.78, 5) is 19.4. The fourth-order valence-corrected chi connectivity index (χ4v) is 2.21. The van der Waals surface area contributed by atoms with Crippen molar-refractivity contribution in [1.29, 1.82) is 0 Å². The first-order valence-corrected chi connectivity index (χ1v) is 6.04. The Morgan fingerprint density at radius 1 is 1.05 bits per heavy atom. The highest BCUT2D eigenvalue weighted by atomic mass is 16.1. The van der Waals surface area contributed by atoms with E-state index in [1.165, 1.54) is 0 Å². The van der Waals surface area contributed by atoms with Crippen LogP contribution < -0.4 is 5.73 Å². The maximum atomic E-state index is 11.7. The predicted octanol–water partition coefficient (Wildman–Crippen LogP) is 2.18. The van der Waals surface area contributed by atoms with Gasteiger partial charge in [-0.3, -0.25) is 4.79 Å². The number of carbonyl (C=O) groups is 1. The number of primary amides is 1. The van der Waals surface area contributed by atoms with E-state index in [1.54, 1.807) is 0 Å². The molecule has 1 aromatic heterocycles. The van der Waals surface area contributed by atoms with Crippen LogP contribution in [0.25, 0.3) is 11.0 Å². The Kier molecular flexibility index (Phi) is 2.76. The molecule has 4 heteroatoms. The summed E-state index contributed by atoms with van der Waals surface area (Å²) in [5, 5.41) is 0. The van der Waals surface area contributed by atoms with Crippen molar-refractivity contribution in [2.45, 2.75) is 5.92 Å². The van der Waals surface area contributed by atoms with E-state index in [0.29, 0.717) is 5.82 Å². The number of nitrogens with zero attached hydrogens (tertiary/aromatic N) is 1. The minimum atomic E-state index is -0.548. The van der Waals surface area contributed by atoms with Gasteiger partial charge in [0.05, 0.1) is 11.0 Å². The second-order valence-corrected chi connectivity index (χ2v) is 4.39. The Morgan fingerprint density at radius 3 is 2.42 bits per heavy atom. The molecule has 0 radical (unpaired) electrons. The fraction of sp³-hybridized carbons (Fsp3) is 0.0667. The number of nitrogens with two attached hydrogens (primary N) is 1. The molecule has 0 fully saturated rings. The van der Waals surface area contributed by atoms with E-state index in [2.05, 4.69) is 9.97 Å². The zero-order valence-electron chi connectivity index (χ0n) is 10.2. The van der Waals surface area contributed by atoms with Crippen LogP contribution in [0.5, 0.6) is 0 Å². The lowest BCUT2D eigenvalue weighted by atomic mass is 9.98. The number of rotatable bonds is 3. The van der Waals surface area contributed by atoms with Crippen LogP contribution >= 0.6 is 0 Å². The molecule has 19 heavy (non-hydrogen) atoms. The topological polar surface area (TPSA) is 71.8 Å². The van der Waals surface area contributed by atoms with Crippen molar-refractivity contribution in [2.75, 3.05) is 0 Å². The molecule has 0 saturated carbocycles. The SMILES string of the molecule is NC(=O)[C@@H](c1ccccc1)c1nc2ccccc2[nH]1. The monoisotopic (exact) mass is 251 g/mol. The molecule has 4 nitrogen and oxygen atoms in total. The van der Waals surface area contributed by atoms with Gasteiger partial charge < -0.3 is 10.7 Å². The maximum absolute atomic E-state index is 11.7. The summed E-state index contributed by atoms with van der Waals surface area (Å²) < 4.78 is 0. The van der Waals surface area contributed by atoms with Crippen molar-refractivity contribution < 1.29 is 4.79 Å². The average Bonchev–Trinajstić information content (AvgIpc) is 2.82. The number of carbonyl (C=O) groups excluding carboxylic acids is 1. The fourth-order valence-electron chi connectivity index (χ4n) is 2.21. The quantitative estimate of drug-likeness (QED) is 0.749. The third kappa shape index (κ3) is 2.08. The number of hydrogen-bond donors (Lipinski definition) is 2. The van der Waals surface area contributed by atoms with Gasteiger partial charge >= 0.3 is 0 Å².